The molecule has 0 N–H and O–H groups in total. The third kappa shape index (κ3) is 6.10. The summed E-state index contributed by atoms with van der Waals surface area (Å²) in [5.41, 5.74) is 0. The molecule has 0 heterocycles. The number of unbranched alkanes of at least 4 members (excludes halogenated alkanes) is 4. The molecular formula is C13H19FO. The summed E-state index contributed by atoms with van der Waals surface area (Å²) >= 11 is 0. The first-order valence-electron chi connectivity index (χ1n) is 5.67. The maximum absolute atomic E-state index is 11.8. The molecule has 2 heteroatoms. The number of hydrogen-bond acceptors (Lipinski definition) is 1. The molecule has 1 rings (SSSR count). The monoisotopic (exact) mass is 210 g/mol. The molecule has 0 bridgehead atoms. The highest BCUT2D eigenvalue weighted by Gasteiger charge is 1.92. The zero-order chi connectivity index (χ0) is 10.8. The van der Waals surface area contributed by atoms with Crippen LogP contribution in [0, 0.1) is 0 Å². The Morgan fingerprint density at radius 2 is 1.53 bits per heavy atom. The second-order valence-corrected chi connectivity index (χ2v) is 3.62. The van der Waals surface area contributed by atoms with Gasteiger partial charge in [0.05, 0.1) is 13.3 Å². The molecule has 15 heavy (non-hydrogen) atoms. The van der Waals surface area contributed by atoms with Gasteiger partial charge in [0.1, 0.15) is 5.75 Å². The molecule has 1 aromatic rings. The molecule has 1 nitrogen and oxygen atoms in total. The molecule has 0 spiro atoms. The van der Waals surface area contributed by atoms with Crippen LogP contribution < -0.4 is 4.74 Å². The molecule has 0 radical (unpaired) electrons. The van der Waals surface area contributed by atoms with E-state index in [1.807, 2.05) is 30.3 Å². The van der Waals surface area contributed by atoms with Gasteiger partial charge in [-0.1, -0.05) is 37.5 Å². The van der Waals surface area contributed by atoms with Gasteiger partial charge in [-0.25, -0.2) is 0 Å². The zero-order valence-corrected chi connectivity index (χ0v) is 9.12. The van der Waals surface area contributed by atoms with Gasteiger partial charge < -0.3 is 4.74 Å². The van der Waals surface area contributed by atoms with Crippen molar-refractivity contribution < 1.29 is 9.13 Å². The van der Waals surface area contributed by atoms with Gasteiger partial charge in [-0.3, -0.25) is 4.39 Å². The molecule has 1 aromatic carbocycles. The highest BCUT2D eigenvalue weighted by molar-refractivity contribution is 5.20. The molecule has 0 atom stereocenters. The summed E-state index contributed by atoms with van der Waals surface area (Å²) in [7, 11) is 0. The number of hydrogen-bond donors (Lipinski definition) is 0. The topological polar surface area (TPSA) is 9.23 Å². The second-order valence-electron chi connectivity index (χ2n) is 3.62. The van der Waals surface area contributed by atoms with Gasteiger partial charge in [-0.15, -0.1) is 0 Å². The first-order chi connectivity index (χ1) is 7.43. The van der Waals surface area contributed by atoms with Crippen molar-refractivity contribution in [3.63, 3.8) is 0 Å². The largest absolute Gasteiger partial charge is 0.494 e. The molecule has 84 valence electrons. The van der Waals surface area contributed by atoms with Crippen molar-refractivity contribution in [3.05, 3.63) is 30.3 Å². The number of para-hydroxylation sites is 1. The van der Waals surface area contributed by atoms with Crippen LogP contribution in [0.1, 0.15) is 32.1 Å². The minimum Gasteiger partial charge on any atom is -0.494 e. The van der Waals surface area contributed by atoms with Crippen molar-refractivity contribution in [3.8, 4) is 5.75 Å². The smallest absolute Gasteiger partial charge is 0.119 e. The maximum atomic E-state index is 11.8. The summed E-state index contributed by atoms with van der Waals surface area (Å²) in [6.07, 6.45) is 5.01. The van der Waals surface area contributed by atoms with E-state index in [2.05, 4.69) is 0 Å². The second kappa shape index (κ2) is 8.27. The Kier molecular flexibility index (Phi) is 6.63. The summed E-state index contributed by atoms with van der Waals surface area (Å²) in [5.74, 6) is 0.932. The van der Waals surface area contributed by atoms with Crippen LogP contribution in [0.4, 0.5) is 4.39 Å². The number of rotatable bonds is 8. The third-order valence-electron chi connectivity index (χ3n) is 2.29. The fourth-order valence-corrected chi connectivity index (χ4v) is 1.43. The van der Waals surface area contributed by atoms with Crippen LogP contribution >= 0.6 is 0 Å². The molecule has 0 saturated carbocycles. The van der Waals surface area contributed by atoms with Crippen LogP contribution in [0.3, 0.4) is 0 Å². The first-order valence-corrected chi connectivity index (χ1v) is 5.67. The van der Waals surface area contributed by atoms with Crippen molar-refractivity contribution in [2.45, 2.75) is 32.1 Å². The fourth-order valence-electron chi connectivity index (χ4n) is 1.43. The highest BCUT2D eigenvalue weighted by Crippen LogP contribution is 2.10. The van der Waals surface area contributed by atoms with Crippen LogP contribution in [0.25, 0.3) is 0 Å². The third-order valence-corrected chi connectivity index (χ3v) is 2.29. The molecular weight excluding hydrogens is 191 g/mol. The van der Waals surface area contributed by atoms with Gasteiger partial charge in [0, 0.05) is 0 Å². The van der Waals surface area contributed by atoms with E-state index in [0.717, 1.165) is 38.0 Å². The van der Waals surface area contributed by atoms with E-state index in [0.29, 0.717) is 6.42 Å². The van der Waals surface area contributed by atoms with Crippen molar-refractivity contribution in [2.75, 3.05) is 13.3 Å². The predicted molar refractivity (Wildman–Crippen MR) is 61.0 cm³/mol. The zero-order valence-electron chi connectivity index (χ0n) is 9.12. The van der Waals surface area contributed by atoms with E-state index in [1.54, 1.807) is 0 Å². The highest BCUT2D eigenvalue weighted by atomic mass is 19.1. The molecule has 0 unspecified atom stereocenters. The van der Waals surface area contributed by atoms with Gasteiger partial charge in [-0.2, -0.15) is 0 Å². The molecule has 0 aromatic heterocycles. The van der Waals surface area contributed by atoms with Gasteiger partial charge >= 0.3 is 0 Å². The predicted octanol–water partition coefficient (Wildman–Crippen LogP) is 3.99. The molecule has 0 fully saturated rings. The summed E-state index contributed by atoms with van der Waals surface area (Å²) in [4.78, 5) is 0. The Morgan fingerprint density at radius 1 is 0.867 bits per heavy atom. The van der Waals surface area contributed by atoms with E-state index < -0.39 is 0 Å². The Bertz CT molecular complexity index is 236. The number of halogens is 1. The standard InChI is InChI=1S/C13H19FO/c14-11-7-2-1-3-8-12-15-13-9-5-4-6-10-13/h4-6,9-10H,1-3,7-8,11-12H2. The molecule has 0 saturated heterocycles. The lowest BCUT2D eigenvalue weighted by atomic mass is 10.2. The van der Waals surface area contributed by atoms with Crippen LogP contribution in [0.2, 0.25) is 0 Å². The van der Waals surface area contributed by atoms with E-state index in [9.17, 15) is 4.39 Å². The molecule has 0 amide bonds. The van der Waals surface area contributed by atoms with E-state index >= 15 is 0 Å². The number of ether oxygens (including phenoxy) is 1. The van der Waals surface area contributed by atoms with Crippen molar-refractivity contribution in [2.24, 2.45) is 0 Å². The summed E-state index contributed by atoms with van der Waals surface area (Å²) in [6.45, 7) is 0.583. The summed E-state index contributed by atoms with van der Waals surface area (Å²) in [5, 5.41) is 0. The molecule has 0 aliphatic carbocycles. The SMILES string of the molecule is FCCCCCCCOc1ccccc1. The normalized spacial score (nSPS) is 10.2. The van der Waals surface area contributed by atoms with Gasteiger partial charge in [0.15, 0.2) is 0 Å². The average Bonchev–Trinajstić information content (AvgIpc) is 2.29. The molecule has 0 aliphatic heterocycles. The van der Waals surface area contributed by atoms with Gasteiger partial charge in [0.25, 0.3) is 0 Å². The minimum atomic E-state index is -0.180. The Hall–Kier alpha value is -1.05. The maximum Gasteiger partial charge on any atom is 0.119 e. The lowest BCUT2D eigenvalue weighted by Gasteiger charge is -2.05. The Morgan fingerprint density at radius 3 is 2.27 bits per heavy atom. The van der Waals surface area contributed by atoms with Crippen molar-refractivity contribution >= 4 is 0 Å². The van der Waals surface area contributed by atoms with Gasteiger partial charge in [0.2, 0.25) is 0 Å². The minimum absolute atomic E-state index is 0.180. The van der Waals surface area contributed by atoms with Crippen molar-refractivity contribution in [1.82, 2.24) is 0 Å². The first kappa shape index (κ1) is 12.0. The summed E-state index contributed by atoms with van der Waals surface area (Å²) in [6, 6.07) is 9.84. The average molecular weight is 210 g/mol. The number of benzene rings is 1. The van der Waals surface area contributed by atoms with Crippen molar-refractivity contribution in [1.29, 1.82) is 0 Å². The van der Waals surface area contributed by atoms with Crippen LogP contribution in [0.5, 0.6) is 5.75 Å². The van der Waals surface area contributed by atoms with Crippen LogP contribution in [-0.2, 0) is 0 Å². The number of alkyl halides is 1. The van der Waals surface area contributed by atoms with E-state index in [-0.39, 0.29) is 6.67 Å². The van der Waals surface area contributed by atoms with Crippen LogP contribution in [0.15, 0.2) is 30.3 Å². The van der Waals surface area contributed by atoms with Gasteiger partial charge in [-0.05, 0) is 25.0 Å². The fraction of sp³-hybridized carbons (Fsp3) is 0.538. The Balaban J connectivity index is 1.93. The quantitative estimate of drug-likeness (QED) is 0.589. The van der Waals surface area contributed by atoms with E-state index in [4.69, 9.17) is 4.74 Å². The lowest BCUT2D eigenvalue weighted by Crippen LogP contribution is -1.96. The summed E-state index contributed by atoms with van der Waals surface area (Å²) < 4.78 is 17.3. The van der Waals surface area contributed by atoms with E-state index in [1.165, 1.54) is 0 Å². The van der Waals surface area contributed by atoms with Crippen LogP contribution in [-0.4, -0.2) is 13.3 Å². The lowest BCUT2D eigenvalue weighted by molar-refractivity contribution is 0.304. The Labute approximate surface area is 91.3 Å². The molecule has 0 aliphatic rings.